The van der Waals surface area contributed by atoms with E-state index in [2.05, 4.69) is 10.2 Å². The summed E-state index contributed by atoms with van der Waals surface area (Å²) in [7, 11) is 0. The molecule has 1 aliphatic heterocycles. The van der Waals surface area contributed by atoms with Crippen LogP contribution in [-0.4, -0.2) is 41.1 Å². The number of rotatable bonds is 7. The smallest absolute Gasteiger partial charge is 0.435 e. The van der Waals surface area contributed by atoms with Gasteiger partial charge >= 0.3 is 12.4 Å². The van der Waals surface area contributed by atoms with Gasteiger partial charge in [-0.25, -0.2) is 0 Å². The van der Waals surface area contributed by atoms with Crippen molar-refractivity contribution < 1.29 is 40.7 Å². The van der Waals surface area contributed by atoms with Crippen molar-refractivity contribution in [1.82, 2.24) is 15.3 Å². The number of hydrogen-bond acceptors (Lipinski definition) is 6. The monoisotopic (exact) mass is 519 g/mol. The minimum absolute atomic E-state index is 0.000138. The fourth-order valence-corrected chi connectivity index (χ4v) is 4.56. The van der Waals surface area contributed by atoms with E-state index in [1.54, 1.807) is 5.06 Å². The van der Waals surface area contributed by atoms with Crippen LogP contribution in [0.15, 0.2) is 30.3 Å². The third kappa shape index (κ3) is 6.32. The number of aromatic nitrogens is 2. The number of hydrogen-bond donors (Lipinski definition) is 0. The lowest BCUT2D eigenvalue weighted by Gasteiger charge is -2.45. The molecule has 2 heterocycles. The van der Waals surface area contributed by atoms with Crippen LogP contribution in [-0.2, 0) is 12.4 Å². The number of halogens is 6. The summed E-state index contributed by atoms with van der Waals surface area (Å²) in [6, 6.07) is 5.18. The van der Waals surface area contributed by atoms with Gasteiger partial charge in [0.2, 0.25) is 0 Å². The molecule has 1 aromatic carbocycles. The SMILES string of the molecule is CC(C)COc1cc(C(F)(F)F)ccc1OC1[C@H]2CCC[C@H]1CN(Oc1ccc(C(F)(F)F)nn1)C2. The number of alkyl halides is 6. The van der Waals surface area contributed by atoms with Crippen LogP contribution in [0.2, 0.25) is 0 Å². The molecular formula is C24H27F6N3O3. The van der Waals surface area contributed by atoms with Gasteiger partial charge in [0.25, 0.3) is 5.88 Å². The molecule has 1 saturated heterocycles. The average molecular weight is 519 g/mol. The summed E-state index contributed by atoms with van der Waals surface area (Å²) in [6.45, 7) is 4.88. The van der Waals surface area contributed by atoms with E-state index in [0.717, 1.165) is 43.5 Å². The Bertz CT molecular complexity index is 1020. The maximum absolute atomic E-state index is 13.3. The lowest BCUT2D eigenvalue weighted by molar-refractivity contribution is -0.153. The number of fused-ring (bicyclic) bond motifs is 2. The number of nitrogens with zero attached hydrogens (tertiary/aromatic N) is 3. The molecule has 0 N–H and O–H groups in total. The highest BCUT2D eigenvalue weighted by Gasteiger charge is 2.43. The number of piperidine rings is 1. The minimum atomic E-state index is -4.59. The van der Waals surface area contributed by atoms with Gasteiger partial charge in [0.15, 0.2) is 17.2 Å². The van der Waals surface area contributed by atoms with Crippen LogP contribution < -0.4 is 14.3 Å². The Morgan fingerprint density at radius 1 is 0.917 bits per heavy atom. The van der Waals surface area contributed by atoms with E-state index in [9.17, 15) is 26.3 Å². The van der Waals surface area contributed by atoms with E-state index in [4.69, 9.17) is 14.3 Å². The van der Waals surface area contributed by atoms with Crippen LogP contribution in [0.4, 0.5) is 26.3 Å². The zero-order valence-corrected chi connectivity index (χ0v) is 19.8. The lowest BCUT2D eigenvalue weighted by Crippen LogP contribution is -2.54. The van der Waals surface area contributed by atoms with Crippen LogP contribution in [0.25, 0.3) is 0 Å². The molecule has 1 aliphatic carbocycles. The standard InChI is InChI=1S/C24H27F6N3O3/c1-14(2)13-34-19-10-17(23(25,26)27)6-7-18(19)35-22-15-4-3-5-16(22)12-33(11-15)36-21-9-8-20(31-32-21)24(28,29)30/h6-10,14-16,22H,3-5,11-13H2,1-2H3/t15-,16-/m0/s1. The van der Waals surface area contributed by atoms with E-state index in [1.165, 1.54) is 6.07 Å². The Morgan fingerprint density at radius 3 is 2.17 bits per heavy atom. The average Bonchev–Trinajstić information content (AvgIpc) is 2.78. The van der Waals surface area contributed by atoms with Crippen molar-refractivity contribution in [2.75, 3.05) is 19.7 Å². The zero-order chi connectivity index (χ0) is 26.1. The summed E-state index contributed by atoms with van der Waals surface area (Å²) < 4.78 is 89.9. The van der Waals surface area contributed by atoms with Crippen molar-refractivity contribution >= 4 is 0 Å². The third-order valence-corrected chi connectivity index (χ3v) is 6.21. The number of ether oxygens (including phenoxy) is 2. The van der Waals surface area contributed by atoms with Crippen LogP contribution in [0, 0.1) is 17.8 Å². The summed E-state index contributed by atoms with van der Waals surface area (Å²) in [6.07, 6.45) is -6.78. The second kappa shape index (κ2) is 10.3. The predicted molar refractivity (Wildman–Crippen MR) is 116 cm³/mol. The van der Waals surface area contributed by atoms with Gasteiger partial charge in [-0.05, 0) is 43.0 Å². The zero-order valence-electron chi connectivity index (χ0n) is 19.8. The van der Waals surface area contributed by atoms with E-state index in [1.807, 2.05) is 13.8 Å². The minimum Gasteiger partial charge on any atom is -0.489 e. The third-order valence-electron chi connectivity index (χ3n) is 6.21. The molecule has 6 nitrogen and oxygen atoms in total. The highest BCUT2D eigenvalue weighted by Crippen LogP contribution is 2.42. The van der Waals surface area contributed by atoms with Crippen LogP contribution in [0.1, 0.15) is 44.4 Å². The summed E-state index contributed by atoms with van der Waals surface area (Å²) in [5, 5.41) is 8.33. The van der Waals surface area contributed by atoms with Gasteiger partial charge in [-0.2, -0.15) is 26.3 Å². The Hall–Kier alpha value is -2.76. The first kappa shape index (κ1) is 26.3. The number of hydroxylamine groups is 2. The molecule has 2 fully saturated rings. The molecule has 36 heavy (non-hydrogen) atoms. The molecule has 0 unspecified atom stereocenters. The van der Waals surface area contributed by atoms with E-state index in [0.29, 0.717) is 13.1 Å². The summed E-state index contributed by atoms with van der Waals surface area (Å²) in [5.74, 6) is 0.372. The molecule has 0 spiro atoms. The Morgan fingerprint density at radius 2 is 1.61 bits per heavy atom. The van der Waals surface area contributed by atoms with E-state index >= 15 is 0 Å². The normalized spacial score (nSPS) is 23.0. The maximum atomic E-state index is 13.3. The first-order chi connectivity index (χ1) is 16.9. The van der Waals surface area contributed by atoms with Crippen LogP contribution >= 0.6 is 0 Å². The van der Waals surface area contributed by atoms with Gasteiger partial charge in [-0.1, -0.05) is 20.3 Å². The second-order valence-corrected chi connectivity index (χ2v) is 9.59. The highest BCUT2D eigenvalue weighted by atomic mass is 19.4. The Kier molecular flexibility index (Phi) is 7.53. The molecule has 12 heteroatoms. The molecular weight excluding hydrogens is 492 g/mol. The molecule has 1 aromatic heterocycles. The fourth-order valence-electron chi connectivity index (χ4n) is 4.56. The second-order valence-electron chi connectivity index (χ2n) is 9.59. The fraction of sp³-hybridized carbons (Fsp3) is 0.583. The Labute approximate surface area is 204 Å². The van der Waals surface area contributed by atoms with Gasteiger partial charge in [0.05, 0.1) is 12.2 Å². The molecule has 2 atom stereocenters. The van der Waals surface area contributed by atoms with Crippen molar-refractivity contribution in [1.29, 1.82) is 0 Å². The van der Waals surface area contributed by atoms with Gasteiger partial charge in [-0.3, -0.25) is 0 Å². The summed E-state index contributed by atoms with van der Waals surface area (Å²) in [4.78, 5) is 5.69. The molecule has 1 saturated carbocycles. The largest absolute Gasteiger partial charge is 0.489 e. The number of benzene rings is 1. The molecule has 198 valence electrons. The van der Waals surface area contributed by atoms with E-state index in [-0.39, 0.29) is 47.8 Å². The quantitative estimate of drug-likeness (QED) is 0.417. The van der Waals surface area contributed by atoms with Gasteiger partial charge in [0, 0.05) is 31.0 Å². The molecule has 0 amide bonds. The van der Waals surface area contributed by atoms with Crippen molar-refractivity contribution in [2.24, 2.45) is 17.8 Å². The van der Waals surface area contributed by atoms with Gasteiger partial charge in [-0.15, -0.1) is 15.3 Å². The molecule has 2 aliphatic rings. The molecule has 2 aromatic rings. The molecule has 4 rings (SSSR count). The van der Waals surface area contributed by atoms with Crippen LogP contribution in [0.3, 0.4) is 0 Å². The predicted octanol–water partition coefficient (Wildman–Crippen LogP) is 6.02. The molecule has 0 radical (unpaired) electrons. The first-order valence-corrected chi connectivity index (χ1v) is 11.7. The van der Waals surface area contributed by atoms with Crippen molar-refractivity contribution in [3.63, 3.8) is 0 Å². The van der Waals surface area contributed by atoms with Gasteiger partial charge < -0.3 is 14.3 Å². The van der Waals surface area contributed by atoms with E-state index < -0.39 is 23.6 Å². The maximum Gasteiger partial charge on any atom is 0.435 e. The van der Waals surface area contributed by atoms with Gasteiger partial charge in [0.1, 0.15) is 6.10 Å². The first-order valence-electron chi connectivity index (χ1n) is 11.7. The lowest BCUT2D eigenvalue weighted by atomic mass is 9.75. The van der Waals surface area contributed by atoms with Crippen molar-refractivity contribution in [3.8, 4) is 17.4 Å². The summed E-state index contributed by atoms with van der Waals surface area (Å²) in [5.41, 5.74) is -1.92. The molecule has 2 bridgehead atoms. The highest BCUT2D eigenvalue weighted by molar-refractivity contribution is 5.44. The topological polar surface area (TPSA) is 56.7 Å². The van der Waals surface area contributed by atoms with Crippen molar-refractivity contribution in [2.45, 2.75) is 51.6 Å². The summed E-state index contributed by atoms with van der Waals surface area (Å²) >= 11 is 0. The van der Waals surface area contributed by atoms with Crippen molar-refractivity contribution in [3.05, 3.63) is 41.6 Å². The van der Waals surface area contributed by atoms with Crippen LogP contribution in [0.5, 0.6) is 17.4 Å². The Balaban J connectivity index is 1.47.